The third-order valence-electron chi connectivity index (χ3n) is 22.1. The van der Waals surface area contributed by atoms with Gasteiger partial charge in [-0.25, -0.2) is 59.6 Å². The van der Waals surface area contributed by atoms with Crippen molar-refractivity contribution in [2.75, 3.05) is 67.1 Å². The third-order valence-corrected chi connectivity index (χ3v) is 23.1. The minimum Gasteiger partial charge on any atom is -0.477 e. The van der Waals surface area contributed by atoms with Gasteiger partial charge in [0.1, 0.15) is 17.0 Å². The lowest BCUT2D eigenvalue weighted by atomic mass is 9.61. The maximum atomic E-state index is 13.3. The number of hydrogen-bond acceptors (Lipinski definition) is 9. The summed E-state index contributed by atoms with van der Waals surface area (Å²) in [5.41, 5.74) is 15.3. The number of aromatic nitrogens is 4. The number of piperidine rings is 4. The van der Waals surface area contributed by atoms with Crippen molar-refractivity contribution in [1.29, 1.82) is 0 Å². The fourth-order valence-corrected chi connectivity index (χ4v) is 17.2. The molecule has 16 rings (SSSR count). The molecule has 4 saturated heterocycles. The van der Waals surface area contributed by atoms with Crippen LogP contribution in [0.5, 0.6) is 0 Å². The summed E-state index contributed by atoms with van der Waals surface area (Å²) < 4.78 is 108. The number of carbonyl (C=O) groups excluding carboxylic acids is 1. The number of rotatable bonds is 10. The molecule has 4 spiro atoms. The Kier molecular flexibility index (Phi) is 24.5. The number of amides is 1. The van der Waals surface area contributed by atoms with Crippen LogP contribution >= 0.6 is 39.1 Å². The standard InChI is InChI=1S/C25H27ClF2N4O.C15H16F2N2.C15H20F2N2.C10H9ClN2O2.C8H13F2N.C7H4BrN/c1-2-20-22(32-14-18(26)5-8-21(32)30-20)23(33)29-13-17-3-6-19(7-4-17)31-11-9-24(10-12-31)15-25(27,28)16-24;1-18-12-2-4-13(5-3-12)19-8-6-14(7-9-19)10-15(16,17)11-14;16-15(17)10-14(11-15)5-7-19(8-6-14)13-3-1-12(9-18)2-4-13;1-2-7-9(10(14)15)13-5-6(11)3-4-8(13)12-7;9-8(10)4-7(5-8)2-1-3-11-6-7;1-9-7-4-2-6(8)3-5-7/h3-8,14H,2,9-13,15-16H2,1H3,(H,29,33);2-5H,6-11H2;1-4H,5-11,18H2;3-5H,2H2,1H3,(H,14,15);11H,1-6H2;2-5H. The number of pyridine rings is 2. The normalized spacial score (nSPS) is 20.2. The maximum Gasteiger partial charge on any atom is 0.354 e. The van der Waals surface area contributed by atoms with E-state index in [4.69, 9.17) is 47.2 Å². The molecule has 8 aliphatic rings. The second-order valence-electron chi connectivity index (χ2n) is 30.0. The van der Waals surface area contributed by atoms with E-state index in [0.717, 1.165) is 136 Å². The number of benzene rings is 4. The molecule has 106 heavy (non-hydrogen) atoms. The number of halogens is 11. The summed E-state index contributed by atoms with van der Waals surface area (Å²) >= 11 is 15.2. The van der Waals surface area contributed by atoms with Crippen molar-refractivity contribution in [2.24, 2.45) is 27.4 Å². The van der Waals surface area contributed by atoms with Crippen molar-refractivity contribution >= 4 is 90.7 Å². The Balaban J connectivity index is 0.000000134. The van der Waals surface area contributed by atoms with Gasteiger partial charge in [-0.2, -0.15) is 0 Å². The van der Waals surface area contributed by atoms with Crippen LogP contribution in [0, 0.1) is 34.8 Å². The van der Waals surface area contributed by atoms with Crippen molar-refractivity contribution in [1.82, 2.24) is 29.4 Å². The van der Waals surface area contributed by atoms with Crippen LogP contribution in [0.15, 0.2) is 138 Å². The Morgan fingerprint density at radius 3 is 1.24 bits per heavy atom. The molecule has 4 aliphatic heterocycles. The Labute approximate surface area is 632 Å². The fraction of sp³-hybridized carbons (Fsp3) is 0.475. The highest BCUT2D eigenvalue weighted by molar-refractivity contribution is 9.10. The van der Waals surface area contributed by atoms with Gasteiger partial charge in [-0.15, -0.1) is 0 Å². The molecule has 26 heteroatoms. The molecular weight excluding hydrogens is 1480 g/mol. The first-order valence-electron chi connectivity index (χ1n) is 36.2. The van der Waals surface area contributed by atoms with Crippen LogP contribution in [0.3, 0.4) is 0 Å². The van der Waals surface area contributed by atoms with Gasteiger partial charge in [0.05, 0.1) is 34.6 Å². The molecule has 1 amide bonds. The monoisotopic (exact) mass is 1570 g/mol. The van der Waals surface area contributed by atoms with Gasteiger partial charge in [-0.3, -0.25) is 13.6 Å². The molecule has 0 unspecified atom stereocenters. The zero-order chi connectivity index (χ0) is 75.9. The first kappa shape index (κ1) is 79.1. The minimum absolute atomic E-state index is 0.0260. The van der Waals surface area contributed by atoms with Gasteiger partial charge in [0.25, 0.3) is 5.91 Å². The fourth-order valence-electron chi connectivity index (χ4n) is 16.6. The Morgan fingerprint density at radius 2 is 0.887 bits per heavy atom. The molecule has 4 aromatic heterocycles. The summed E-state index contributed by atoms with van der Waals surface area (Å²) in [6, 6.07) is 38.0. The van der Waals surface area contributed by atoms with Crippen LogP contribution in [0.25, 0.3) is 21.0 Å². The SMILES string of the molecule is CCc1nc2ccc(Cl)cn2c1C(=O)NCc1ccc(N2CCC3(CC2)CC(F)(F)C3)cc1.CCc1nc2ccc(Cl)cn2c1C(=O)O.FC1(F)CC2(CCCNC2)C1.NCc1ccc(N2CCC3(CC2)CC(F)(F)C3)cc1.[C-]#[N+]c1ccc(Br)cc1.[C-]#[N+]c1ccc(N2CCC3(CC2)CC(F)(F)C3)cc1. The largest absolute Gasteiger partial charge is 0.477 e. The van der Waals surface area contributed by atoms with Crippen molar-refractivity contribution in [2.45, 2.75) is 166 Å². The number of nitrogens with two attached hydrogens (primary N) is 1. The van der Waals surface area contributed by atoms with Crippen molar-refractivity contribution in [3.63, 3.8) is 0 Å². The van der Waals surface area contributed by atoms with Crippen LogP contribution in [0.1, 0.15) is 160 Å². The molecule has 8 aromatic rings. The van der Waals surface area contributed by atoms with Gasteiger partial charge < -0.3 is 36.2 Å². The Bertz CT molecular complexity index is 4400. The number of alkyl halides is 8. The number of aromatic carboxylic acids is 1. The van der Waals surface area contributed by atoms with Crippen LogP contribution < -0.4 is 31.1 Å². The molecule has 0 atom stereocenters. The summed E-state index contributed by atoms with van der Waals surface area (Å²) in [7, 11) is 0. The smallest absolute Gasteiger partial charge is 0.354 e. The van der Waals surface area contributed by atoms with Crippen molar-refractivity contribution in [3.8, 4) is 0 Å². The zero-order valence-corrected chi connectivity index (χ0v) is 62.6. The number of nitrogens with one attached hydrogen (secondary N) is 2. The number of carboxylic acid groups (broad SMARTS) is 1. The number of anilines is 3. The molecule has 564 valence electrons. The van der Waals surface area contributed by atoms with E-state index in [9.17, 15) is 44.7 Å². The summed E-state index contributed by atoms with van der Waals surface area (Å²) in [6.45, 7) is 25.2. The summed E-state index contributed by atoms with van der Waals surface area (Å²) in [5.74, 6) is -10.8. The molecule has 4 aliphatic carbocycles. The van der Waals surface area contributed by atoms with E-state index in [1.165, 1.54) is 10.1 Å². The van der Waals surface area contributed by atoms with Crippen LogP contribution in [-0.4, -0.2) is 112 Å². The van der Waals surface area contributed by atoms with Gasteiger partial charge in [0.2, 0.25) is 23.7 Å². The second kappa shape index (κ2) is 32.8. The van der Waals surface area contributed by atoms with Gasteiger partial charge in [0.15, 0.2) is 17.1 Å². The number of nitrogens with zero attached hydrogens (tertiary/aromatic N) is 9. The van der Waals surface area contributed by atoms with E-state index < -0.39 is 29.7 Å². The number of aryl methyl sites for hydroxylation is 2. The predicted octanol–water partition coefficient (Wildman–Crippen LogP) is 19.9. The topological polar surface area (TPSA) is 157 Å². The molecule has 15 nitrogen and oxygen atoms in total. The van der Waals surface area contributed by atoms with Gasteiger partial charge >= 0.3 is 5.97 Å². The molecule has 4 aromatic carbocycles. The lowest BCUT2D eigenvalue weighted by molar-refractivity contribution is -0.169. The number of carboxylic acids is 1. The van der Waals surface area contributed by atoms with Gasteiger partial charge in [0, 0.05) is 144 Å². The van der Waals surface area contributed by atoms with Gasteiger partial charge in [-0.05, 0) is 164 Å². The van der Waals surface area contributed by atoms with Crippen molar-refractivity contribution in [3.05, 3.63) is 205 Å². The highest BCUT2D eigenvalue weighted by atomic mass is 79.9. The number of imidazole rings is 2. The van der Waals surface area contributed by atoms with E-state index in [1.54, 1.807) is 53.2 Å². The van der Waals surface area contributed by atoms with E-state index in [-0.39, 0.29) is 84.6 Å². The Morgan fingerprint density at radius 1 is 0.528 bits per heavy atom. The van der Waals surface area contributed by atoms with E-state index >= 15 is 0 Å². The van der Waals surface area contributed by atoms with Gasteiger partial charge in [-0.1, -0.05) is 114 Å². The van der Waals surface area contributed by atoms with Crippen LogP contribution in [-0.2, 0) is 25.9 Å². The first-order chi connectivity index (χ1) is 50.4. The summed E-state index contributed by atoms with van der Waals surface area (Å²) in [5, 5.41) is 16.3. The average molecular weight is 1570 g/mol. The molecule has 0 bridgehead atoms. The first-order valence-corrected chi connectivity index (χ1v) is 37.7. The minimum atomic E-state index is -2.46. The third kappa shape index (κ3) is 19.5. The second-order valence-corrected chi connectivity index (χ2v) is 31.8. The van der Waals surface area contributed by atoms with E-state index in [0.29, 0.717) is 70.0 Å². The molecule has 8 heterocycles. The molecule has 5 N–H and O–H groups in total. The van der Waals surface area contributed by atoms with Crippen LogP contribution in [0.2, 0.25) is 10.0 Å². The predicted molar refractivity (Wildman–Crippen MR) is 404 cm³/mol. The number of hydrogen-bond donors (Lipinski definition) is 4. The Hall–Kier alpha value is -8.00. The summed E-state index contributed by atoms with van der Waals surface area (Å²) in [4.78, 5) is 46.2. The quantitative estimate of drug-likeness (QED) is 0.0767. The highest BCUT2D eigenvalue weighted by Crippen LogP contribution is 2.60. The number of carbonyl (C=O) groups is 2. The number of fused-ring (bicyclic) bond motifs is 2. The summed E-state index contributed by atoms with van der Waals surface area (Å²) in [6.07, 6.45) is 12.4. The van der Waals surface area contributed by atoms with Crippen LogP contribution in [0.4, 0.5) is 63.6 Å². The zero-order valence-electron chi connectivity index (χ0n) is 59.5. The van der Waals surface area contributed by atoms with E-state index in [2.05, 4.69) is 73.1 Å². The molecule has 4 saturated carbocycles. The van der Waals surface area contributed by atoms with Crippen molar-refractivity contribution < 1.29 is 49.8 Å². The lowest BCUT2D eigenvalue weighted by Gasteiger charge is -2.52. The lowest BCUT2D eigenvalue weighted by Crippen LogP contribution is -2.54. The van der Waals surface area contributed by atoms with E-state index in [1.807, 2.05) is 86.6 Å². The molecule has 8 fully saturated rings. The maximum absolute atomic E-state index is 13.3. The molecule has 0 radical (unpaired) electrons. The average Bonchev–Trinajstić information content (AvgIpc) is 1.82. The highest BCUT2D eigenvalue weighted by Gasteiger charge is 2.59. The molecular formula is C80H89BrCl2F8N12O3.